The number of halogens is 1. The molecule has 0 aliphatic carbocycles. The van der Waals surface area contributed by atoms with Gasteiger partial charge in [0, 0.05) is 24.0 Å². The zero-order valence-electron chi connectivity index (χ0n) is 12.9. The minimum atomic E-state index is 0.248. The molecule has 1 aliphatic heterocycles. The van der Waals surface area contributed by atoms with Crippen molar-refractivity contribution in [3.8, 4) is 0 Å². The van der Waals surface area contributed by atoms with Gasteiger partial charge in [-0.1, -0.05) is 41.1 Å². The van der Waals surface area contributed by atoms with Crippen molar-refractivity contribution >= 4 is 21.8 Å². The predicted molar refractivity (Wildman–Crippen MR) is 90.4 cm³/mol. The van der Waals surface area contributed by atoms with Gasteiger partial charge >= 0.3 is 0 Å². The van der Waals surface area contributed by atoms with E-state index < -0.39 is 0 Å². The van der Waals surface area contributed by atoms with Gasteiger partial charge in [-0.05, 0) is 49.9 Å². The lowest BCUT2D eigenvalue weighted by Crippen LogP contribution is -2.42. The first-order chi connectivity index (χ1) is 10.1. The van der Waals surface area contributed by atoms with E-state index in [-0.39, 0.29) is 5.92 Å². The van der Waals surface area contributed by atoms with Crippen molar-refractivity contribution in [3.05, 3.63) is 34.3 Å². The molecule has 1 amide bonds. The highest BCUT2D eigenvalue weighted by molar-refractivity contribution is 9.10. The average molecular weight is 353 g/mol. The molecular weight excluding hydrogens is 328 g/mol. The summed E-state index contributed by atoms with van der Waals surface area (Å²) < 4.78 is 1.09. The zero-order valence-corrected chi connectivity index (χ0v) is 14.5. The fourth-order valence-corrected chi connectivity index (χ4v) is 3.80. The Hall–Kier alpha value is -0.870. The van der Waals surface area contributed by atoms with Crippen LogP contribution in [-0.2, 0) is 4.79 Å². The first-order valence-corrected chi connectivity index (χ1v) is 8.58. The Kier molecular flexibility index (Phi) is 6.24. The summed E-state index contributed by atoms with van der Waals surface area (Å²) in [5.41, 5.74) is 1.22. The van der Waals surface area contributed by atoms with Crippen LogP contribution in [0.3, 0.4) is 0 Å². The van der Waals surface area contributed by atoms with Gasteiger partial charge in [-0.2, -0.15) is 0 Å². The molecule has 1 fully saturated rings. The van der Waals surface area contributed by atoms with E-state index >= 15 is 0 Å². The van der Waals surface area contributed by atoms with Crippen molar-refractivity contribution in [1.82, 2.24) is 10.2 Å². The number of hydrogen-bond acceptors (Lipinski definition) is 2. The van der Waals surface area contributed by atoms with Gasteiger partial charge in [-0.25, -0.2) is 0 Å². The molecule has 2 atom stereocenters. The summed E-state index contributed by atoms with van der Waals surface area (Å²) in [5, 5.41) is 3.23. The number of rotatable bonds is 5. The monoisotopic (exact) mass is 352 g/mol. The van der Waals surface area contributed by atoms with Gasteiger partial charge in [-0.3, -0.25) is 4.79 Å². The van der Waals surface area contributed by atoms with Crippen LogP contribution in [0.25, 0.3) is 0 Å². The van der Waals surface area contributed by atoms with E-state index in [2.05, 4.69) is 39.1 Å². The SMILES string of the molecule is CNCC1CCCN(C(=O)CC(C)c2ccccc2Br)C1. The van der Waals surface area contributed by atoms with Crippen LogP contribution in [0.4, 0.5) is 0 Å². The van der Waals surface area contributed by atoms with Crippen LogP contribution < -0.4 is 5.32 Å². The summed E-state index contributed by atoms with van der Waals surface area (Å²) >= 11 is 3.58. The third-order valence-corrected chi connectivity index (χ3v) is 5.00. The molecule has 1 saturated heterocycles. The Morgan fingerprint density at radius 2 is 2.24 bits per heavy atom. The number of likely N-dealkylation sites (tertiary alicyclic amines) is 1. The number of piperidine rings is 1. The van der Waals surface area contributed by atoms with Gasteiger partial charge < -0.3 is 10.2 Å². The zero-order chi connectivity index (χ0) is 15.2. The molecule has 21 heavy (non-hydrogen) atoms. The van der Waals surface area contributed by atoms with Crippen molar-refractivity contribution in [1.29, 1.82) is 0 Å². The largest absolute Gasteiger partial charge is 0.342 e. The van der Waals surface area contributed by atoms with Crippen molar-refractivity contribution < 1.29 is 4.79 Å². The Morgan fingerprint density at radius 3 is 2.95 bits per heavy atom. The highest BCUT2D eigenvalue weighted by Crippen LogP contribution is 2.28. The van der Waals surface area contributed by atoms with Crippen molar-refractivity contribution in [2.75, 3.05) is 26.7 Å². The smallest absolute Gasteiger partial charge is 0.223 e. The number of benzene rings is 1. The highest BCUT2D eigenvalue weighted by atomic mass is 79.9. The number of nitrogens with zero attached hydrogens (tertiary/aromatic N) is 1. The first kappa shape index (κ1) is 16.5. The van der Waals surface area contributed by atoms with Gasteiger partial charge in [0.1, 0.15) is 0 Å². The molecule has 116 valence electrons. The molecule has 0 aromatic heterocycles. The van der Waals surface area contributed by atoms with Crippen LogP contribution in [0.1, 0.15) is 37.7 Å². The molecule has 1 aromatic rings. The van der Waals surface area contributed by atoms with E-state index in [1.807, 2.05) is 25.2 Å². The number of carbonyl (C=O) groups excluding carboxylic acids is 1. The topological polar surface area (TPSA) is 32.3 Å². The second-order valence-corrected chi connectivity index (χ2v) is 6.89. The third-order valence-electron chi connectivity index (χ3n) is 4.28. The molecule has 4 heteroatoms. The van der Waals surface area contributed by atoms with Crippen LogP contribution in [0.5, 0.6) is 0 Å². The fourth-order valence-electron chi connectivity index (χ4n) is 3.12. The summed E-state index contributed by atoms with van der Waals surface area (Å²) in [7, 11) is 1.98. The molecule has 2 unspecified atom stereocenters. The quantitative estimate of drug-likeness (QED) is 0.880. The molecule has 1 aliphatic rings. The van der Waals surface area contributed by atoms with E-state index in [1.165, 1.54) is 12.0 Å². The Bertz CT molecular complexity index is 476. The fraction of sp³-hybridized carbons (Fsp3) is 0.588. The minimum absolute atomic E-state index is 0.248. The van der Waals surface area contributed by atoms with E-state index in [4.69, 9.17) is 0 Å². The molecule has 1 N–H and O–H groups in total. The molecule has 0 radical (unpaired) electrons. The molecule has 1 aromatic carbocycles. The van der Waals surface area contributed by atoms with E-state index in [0.717, 1.165) is 30.5 Å². The summed E-state index contributed by atoms with van der Waals surface area (Å²) in [4.78, 5) is 14.6. The first-order valence-electron chi connectivity index (χ1n) is 7.78. The maximum atomic E-state index is 12.5. The van der Waals surface area contributed by atoms with Gasteiger partial charge in [0.2, 0.25) is 5.91 Å². The molecular formula is C17H25BrN2O. The van der Waals surface area contributed by atoms with E-state index in [0.29, 0.717) is 18.2 Å². The van der Waals surface area contributed by atoms with Gasteiger partial charge in [0.25, 0.3) is 0 Å². The minimum Gasteiger partial charge on any atom is -0.342 e. The number of nitrogens with one attached hydrogen (secondary N) is 1. The number of carbonyl (C=O) groups is 1. The lowest BCUT2D eigenvalue weighted by molar-refractivity contribution is -0.133. The Morgan fingerprint density at radius 1 is 1.48 bits per heavy atom. The lowest BCUT2D eigenvalue weighted by atomic mass is 9.94. The highest BCUT2D eigenvalue weighted by Gasteiger charge is 2.24. The van der Waals surface area contributed by atoms with Crippen LogP contribution in [0.2, 0.25) is 0 Å². The predicted octanol–water partition coefficient (Wildman–Crippen LogP) is 3.40. The average Bonchev–Trinajstić information content (AvgIpc) is 2.48. The summed E-state index contributed by atoms with van der Waals surface area (Å²) in [6.45, 7) is 4.96. The summed E-state index contributed by atoms with van der Waals surface area (Å²) in [6.07, 6.45) is 2.95. The van der Waals surface area contributed by atoms with Gasteiger partial charge in [0.15, 0.2) is 0 Å². The van der Waals surface area contributed by atoms with Crippen molar-refractivity contribution in [3.63, 3.8) is 0 Å². The second-order valence-electron chi connectivity index (χ2n) is 6.03. The van der Waals surface area contributed by atoms with Gasteiger partial charge in [-0.15, -0.1) is 0 Å². The van der Waals surface area contributed by atoms with E-state index in [9.17, 15) is 4.79 Å². The van der Waals surface area contributed by atoms with Crippen molar-refractivity contribution in [2.24, 2.45) is 5.92 Å². The molecule has 3 nitrogen and oxygen atoms in total. The number of amides is 1. The lowest BCUT2D eigenvalue weighted by Gasteiger charge is -2.33. The van der Waals surface area contributed by atoms with Crippen LogP contribution in [0.15, 0.2) is 28.7 Å². The van der Waals surface area contributed by atoms with Gasteiger partial charge in [0.05, 0.1) is 0 Å². The van der Waals surface area contributed by atoms with Crippen molar-refractivity contribution in [2.45, 2.75) is 32.1 Å². The van der Waals surface area contributed by atoms with Crippen LogP contribution in [-0.4, -0.2) is 37.5 Å². The Labute approximate surface area is 136 Å². The molecule has 1 heterocycles. The molecule has 0 saturated carbocycles. The molecule has 0 spiro atoms. The second kappa shape index (κ2) is 7.95. The summed E-state index contributed by atoms with van der Waals surface area (Å²) in [5.74, 6) is 1.14. The third kappa shape index (κ3) is 4.55. The Balaban J connectivity index is 1.93. The standard InChI is InChI=1S/C17H25BrN2O/c1-13(15-7-3-4-8-16(15)18)10-17(21)20-9-5-6-14(12-20)11-19-2/h3-4,7-8,13-14,19H,5-6,9-12H2,1-2H3. The van der Waals surface area contributed by atoms with Crippen LogP contribution >= 0.6 is 15.9 Å². The summed E-state index contributed by atoms with van der Waals surface area (Å²) in [6, 6.07) is 8.18. The van der Waals surface area contributed by atoms with Crippen LogP contribution in [0, 0.1) is 5.92 Å². The molecule has 0 bridgehead atoms. The molecule has 2 rings (SSSR count). The maximum absolute atomic E-state index is 12.5. The normalized spacial score (nSPS) is 20.3. The maximum Gasteiger partial charge on any atom is 0.223 e. The number of hydrogen-bond donors (Lipinski definition) is 1. The van der Waals surface area contributed by atoms with E-state index in [1.54, 1.807) is 0 Å².